The molecule has 6 nitrogen and oxygen atoms in total. The van der Waals surface area contributed by atoms with Gasteiger partial charge >= 0.3 is 0 Å². The smallest absolute Gasteiger partial charge is 0.244 e. The topological polar surface area (TPSA) is 90.3 Å². The molecular formula is C13H15N3O3S. The molecule has 0 saturated carbocycles. The molecule has 1 aromatic rings. The van der Waals surface area contributed by atoms with E-state index in [9.17, 15) is 13.2 Å². The number of sulfonamides is 1. The first-order valence-electron chi connectivity index (χ1n) is 6.24. The van der Waals surface area contributed by atoms with E-state index < -0.39 is 16.1 Å². The molecule has 2 rings (SSSR count). The van der Waals surface area contributed by atoms with Gasteiger partial charge in [-0.25, -0.2) is 8.42 Å². The van der Waals surface area contributed by atoms with Crippen molar-refractivity contribution in [3.8, 4) is 6.07 Å². The van der Waals surface area contributed by atoms with Crippen molar-refractivity contribution < 1.29 is 13.2 Å². The van der Waals surface area contributed by atoms with E-state index in [2.05, 4.69) is 5.32 Å². The maximum atomic E-state index is 12.4. The summed E-state index contributed by atoms with van der Waals surface area (Å²) >= 11 is 0. The monoisotopic (exact) mass is 293 g/mol. The molecule has 0 spiro atoms. The van der Waals surface area contributed by atoms with E-state index in [1.807, 2.05) is 6.07 Å². The predicted octanol–water partition coefficient (Wildman–Crippen LogP) is 1.32. The zero-order valence-corrected chi connectivity index (χ0v) is 11.9. The fraction of sp³-hybridized carbons (Fsp3) is 0.385. The van der Waals surface area contributed by atoms with Gasteiger partial charge in [0.2, 0.25) is 15.9 Å². The molecule has 1 aliphatic rings. The summed E-state index contributed by atoms with van der Waals surface area (Å²) in [5.41, 5.74) is 0.537. The van der Waals surface area contributed by atoms with Crippen molar-refractivity contribution in [1.82, 2.24) is 4.31 Å². The standard InChI is InChI=1S/C13H15N3O3S/c1-10(17)15-11-4-6-13(7-5-11)20(18,19)16-8-2-3-12(16)9-14/h4-7,12H,2-3,8H2,1H3,(H,15,17). The number of nitrogens with one attached hydrogen (secondary N) is 1. The molecule has 1 unspecified atom stereocenters. The van der Waals surface area contributed by atoms with E-state index in [-0.39, 0.29) is 10.8 Å². The molecule has 0 bridgehead atoms. The number of rotatable bonds is 3. The Kier molecular flexibility index (Phi) is 4.06. The summed E-state index contributed by atoms with van der Waals surface area (Å²) in [6.07, 6.45) is 1.27. The Labute approximate surface area is 118 Å². The highest BCUT2D eigenvalue weighted by molar-refractivity contribution is 7.89. The molecular weight excluding hydrogens is 278 g/mol. The van der Waals surface area contributed by atoms with Crippen LogP contribution in [0.15, 0.2) is 29.2 Å². The molecule has 106 valence electrons. The van der Waals surface area contributed by atoms with Gasteiger partial charge in [0.25, 0.3) is 0 Å². The van der Waals surface area contributed by atoms with Crippen LogP contribution >= 0.6 is 0 Å². The first-order valence-corrected chi connectivity index (χ1v) is 7.68. The third-order valence-electron chi connectivity index (χ3n) is 3.13. The van der Waals surface area contributed by atoms with Crippen molar-refractivity contribution in [2.24, 2.45) is 0 Å². The summed E-state index contributed by atoms with van der Waals surface area (Å²) < 4.78 is 26.1. The Morgan fingerprint density at radius 1 is 1.40 bits per heavy atom. The highest BCUT2D eigenvalue weighted by atomic mass is 32.2. The Bertz CT molecular complexity index is 646. The fourth-order valence-corrected chi connectivity index (χ4v) is 3.81. The van der Waals surface area contributed by atoms with Gasteiger partial charge in [-0.1, -0.05) is 0 Å². The summed E-state index contributed by atoms with van der Waals surface area (Å²) in [5.74, 6) is -0.218. The highest BCUT2D eigenvalue weighted by Gasteiger charge is 2.35. The minimum Gasteiger partial charge on any atom is -0.326 e. The van der Waals surface area contributed by atoms with E-state index in [0.29, 0.717) is 25.1 Å². The summed E-state index contributed by atoms with van der Waals surface area (Å²) in [4.78, 5) is 11.0. The van der Waals surface area contributed by atoms with Crippen LogP contribution in [0.3, 0.4) is 0 Å². The second kappa shape index (κ2) is 5.61. The van der Waals surface area contributed by atoms with Gasteiger partial charge in [-0.15, -0.1) is 0 Å². The SMILES string of the molecule is CC(=O)Nc1ccc(S(=O)(=O)N2CCCC2C#N)cc1. The first kappa shape index (κ1) is 14.5. The Balaban J connectivity index is 2.26. The highest BCUT2D eigenvalue weighted by Crippen LogP contribution is 2.26. The van der Waals surface area contributed by atoms with Gasteiger partial charge in [0.05, 0.1) is 11.0 Å². The number of amides is 1. The van der Waals surface area contributed by atoms with Crippen LogP contribution in [0.1, 0.15) is 19.8 Å². The van der Waals surface area contributed by atoms with Gasteiger partial charge in [-0.05, 0) is 37.1 Å². The maximum Gasteiger partial charge on any atom is 0.244 e. The summed E-state index contributed by atoms with van der Waals surface area (Å²) in [6, 6.07) is 7.37. The lowest BCUT2D eigenvalue weighted by atomic mass is 10.2. The normalized spacial score (nSPS) is 19.5. The summed E-state index contributed by atoms with van der Waals surface area (Å²) in [5, 5.41) is 11.6. The van der Waals surface area contributed by atoms with Crippen molar-refractivity contribution in [2.45, 2.75) is 30.7 Å². The lowest BCUT2D eigenvalue weighted by Gasteiger charge is -2.19. The first-order chi connectivity index (χ1) is 9.45. The molecule has 0 aromatic heterocycles. The molecule has 1 fully saturated rings. The second-order valence-electron chi connectivity index (χ2n) is 4.61. The number of carbonyl (C=O) groups excluding carboxylic acids is 1. The minimum absolute atomic E-state index is 0.133. The van der Waals surface area contributed by atoms with Crippen LogP contribution in [0.4, 0.5) is 5.69 Å². The van der Waals surface area contributed by atoms with Crippen LogP contribution in [-0.4, -0.2) is 31.2 Å². The molecule has 1 N–H and O–H groups in total. The molecule has 0 aliphatic carbocycles. The lowest BCUT2D eigenvalue weighted by Crippen LogP contribution is -2.34. The summed E-state index contributed by atoms with van der Waals surface area (Å²) in [6.45, 7) is 1.75. The van der Waals surface area contributed by atoms with Gasteiger partial charge in [0.15, 0.2) is 0 Å². The molecule has 20 heavy (non-hydrogen) atoms. The third kappa shape index (κ3) is 2.81. The molecule has 1 atom stereocenters. The quantitative estimate of drug-likeness (QED) is 0.910. The van der Waals surface area contributed by atoms with Crippen LogP contribution in [-0.2, 0) is 14.8 Å². The van der Waals surface area contributed by atoms with Crippen molar-refractivity contribution >= 4 is 21.6 Å². The molecule has 1 amide bonds. The third-order valence-corrected chi connectivity index (χ3v) is 5.06. The van der Waals surface area contributed by atoms with Crippen molar-refractivity contribution in [3.05, 3.63) is 24.3 Å². The number of hydrogen-bond donors (Lipinski definition) is 1. The molecule has 1 saturated heterocycles. The van der Waals surface area contributed by atoms with Crippen LogP contribution in [0.5, 0.6) is 0 Å². The van der Waals surface area contributed by atoms with E-state index in [1.165, 1.54) is 35.5 Å². The molecule has 0 radical (unpaired) electrons. The van der Waals surface area contributed by atoms with Crippen LogP contribution in [0.25, 0.3) is 0 Å². The Hall–Kier alpha value is -1.91. The van der Waals surface area contributed by atoms with Crippen molar-refractivity contribution in [1.29, 1.82) is 5.26 Å². The van der Waals surface area contributed by atoms with E-state index in [1.54, 1.807) is 0 Å². The summed E-state index contributed by atoms with van der Waals surface area (Å²) in [7, 11) is -3.65. The lowest BCUT2D eigenvalue weighted by molar-refractivity contribution is -0.114. The maximum absolute atomic E-state index is 12.4. The van der Waals surface area contributed by atoms with Gasteiger partial charge in [0, 0.05) is 19.2 Å². The average molecular weight is 293 g/mol. The van der Waals surface area contributed by atoms with E-state index in [4.69, 9.17) is 5.26 Å². The van der Waals surface area contributed by atoms with Gasteiger partial charge in [-0.3, -0.25) is 4.79 Å². The van der Waals surface area contributed by atoms with Crippen LogP contribution in [0.2, 0.25) is 0 Å². The van der Waals surface area contributed by atoms with Crippen molar-refractivity contribution in [3.63, 3.8) is 0 Å². The molecule has 1 heterocycles. The number of nitrogens with zero attached hydrogens (tertiary/aromatic N) is 2. The van der Waals surface area contributed by atoms with Crippen LogP contribution < -0.4 is 5.32 Å². The Morgan fingerprint density at radius 3 is 2.60 bits per heavy atom. The molecule has 1 aliphatic heterocycles. The fourth-order valence-electron chi connectivity index (χ4n) is 2.21. The number of hydrogen-bond acceptors (Lipinski definition) is 4. The second-order valence-corrected chi connectivity index (χ2v) is 6.50. The van der Waals surface area contributed by atoms with Gasteiger partial charge < -0.3 is 5.32 Å². The van der Waals surface area contributed by atoms with E-state index >= 15 is 0 Å². The van der Waals surface area contributed by atoms with Crippen molar-refractivity contribution in [2.75, 3.05) is 11.9 Å². The molecule has 7 heteroatoms. The number of carbonyl (C=O) groups is 1. The zero-order valence-electron chi connectivity index (χ0n) is 11.0. The van der Waals surface area contributed by atoms with Gasteiger partial charge in [-0.2, -0.15) is 9.57 Å². The predicted molar refractivity (Wildman–Crippen MR) is 73.3 cm³/mol. The zero-order chi connectivity index (χ0) is 14.8. The van der Waals surface area contributed by atoms with E-state index in [0.717, 1.165) is 0 Å². The number of anilines is 1. The minimum atomic E-state index is -3.65. The largest absolute Gasteiger partial charge is 0.326 e. The Morgan fingerprint density at radius 2 is 2.05 bits per heavy atom. The number of nitriles is 1. The molecule has 1 aromatic carbocycles. The number of benzene rings is 1. The van der Waals surface area contributed by atoms with Gasteiger partial charge in [0.1, 0.15) is 6.04 Å². The van der Waals surface area contributed by atoms with Crippen LogP contribution in [0, 0.1) is 11.3 Å². The average Bonchev–Trinajstić information content (AvgIpc) is 2.87.